The van der Waals surface area contributed by atoms with Crippen LogP contribution in [0.25, 0.3) is 0 Å². The van der Waals surface area contributed by atoms with Gasteiger partial charge in [-0.2, -0.15) is 0 Å². The zero-order valence-corrected chi connectivity index (χ0v) is 18.4. The van der Waals surface area contributed by atoms with Crippen LogP contribution in [0.15, 0.2) is 77.3 Å². The van der Waals surface area contributed by atoms with Crippen molar-refractivity contribution in [3.8, 4) is 5.75 Å². The highest BCUT2D eigenvalue weighted by molar-refractivity contribution is 9.10. The Balaban J connectivity index is 1.83. The second-order valence-electron chi connectivity index (χ2n) is 7.07. The normalized spacial score (nSPS) is 12.3. The zero-order chi connectivity index (χ0) is 21.0. The van der Waals surface area contributed by atoms with E-state index in [1.807, 2.05) is 42.5 Å². The maximum absolute atomic E-state index is 12.9. The van der Waals surface area contributed by atoms with Crippen molar-refractivity contribution in [3.63, 3.8) is 0 Å². The molecule has 0 saturated heterocycles. The third kappa shape index (κ3) is 5.38. The average Bonchev–Trinajstić information content (AvgIpc) is 2.71. The summed E-state index contributed by atoms with van der Waals surface area (Å²) in [5, 5.41) is 14.2. The van der Waals surface area contributed by atoms with E-state index in [2.05, 4.69) is 21.2 Å². The summed E-state index contributed by atoms with van der Waals surface area (Å²) in [5.41, 5.74) is 0.554. The lowest BCUT2D eigenvalue weighted by Gasteiger charge is -2.26. The minimum Gasteiger partial charge on any atom is -0.478 e. The van der Waals surface area contributed by atoms with Gasteiger partial charge in [-0.1, -0.05) is 57.9 Å². The molecule has 4 nitrogen and oxygen atoms in total. The molecule has 3 aromatic rings. The van der Waals surface area contributed by atoms with Crippen molar-refractivity contribution >= 4 is 39.1 Å². The fourth-order valence-corrected chi connectivity index (χ4v) is 3.25. The number of nitrogens with one attached hydrogen (secondary N) is 1. The second-order valence-corrected chi connectivity index (χ2v) is 8.42. The van der Waals surface area contributed by atoms with Gasteiger partial charge in [0, 0.05) is 20.7 Å². The molecule has 0 aliphatic rings. The van der Waals surface area contributed by atoms with E-state index in [-0.39, 0.29) is 5.91 Å². The number of hydrogen-bond acceptors (Lipinski definition) is 3. The van der Waals surface area contributed by atoms with E-state index in [9.17, 15) is 9.90 Å². The average molecular weight is 475 g/mol. The Bertz CT molecular complexity index is 991. The van der Waals surface area contributed by atoms with Gasteiger partial charge in [-0.3, -0.25) is 4.79 Å². The summed E-state index contributed by atoms with van der Waals surface area (Å²) in [6, 6.07) is 21.4. The molecule has 0 unspecified atom stereocenters. The molecule has 0 radical (unpaired) electrons. The SMILES string of the molecule is CC(C)(Oc1ccc(Br)cc1)C(=O)Nc1ccc(Cl)cc1[C@@H](O)c1ccccc1. The summed E-state index contributed by atoms with van der Waals surface area (Å²) in [4.78, 5) is 12.9. The van der Waals surface area contributed by atoms with Crippen LogP contribution in [0.1, 0.15) is 31.1 Å². The lowest BCUT2D eigenvalue weighted by atomic mass is 9.99. The van der Waals surface area contributed by atoms with Gasteiger partial charge in [-0.25, -0.2) is 0 Å². The fourth-order valence-electron chi connectivity index (χ4n) is 2.80. The number of aliphatic hydroxyl groups is 1. The van der Waals surface area contributed by atoms with E-state index in [1.54, 1.807) is 44.2 Å². The standard InChI is InChI=1S/C23H21BrClNO3/c1-23(2,29-18-11-8-16(24)9-12-18)22(28)26-20-13-10-17(25)14-19(20)21(27)15-6-4-3-5-7-15/h3-14,21,27H,1-2H3,(H,26,28)/t21-/m0/s1. The first-order chi connectivity index (χ1) is 13.8. The molecule has 0 heterocycles. The Kier molecular flexibility index (Phi) is 6.63. The monoisotopic (exact) mass is 473 g/mol. The number of benzene rings is 3. The van der Waals surface area contributed by atoms with Crippen molar-refractivity contribution in [1.82, 2.24) is 0 Å². The van der Waals surface area contributed by atoms with Crippen LogP contribution in [-0.2, 0) is 4.79 Å². The van der Waals surface area contributed by atoms with Crippen LogP contribution in [0.3, 0.4) is 0 Å². The molecule has 6 heteroatoms. The number of halogens is 2. The minimum atomic E-state index is -1.14. The van der Waals surface area contributed by atoms with Crippen molar-refractivity contribution in [2.45, 2.75) is 25.6 Å². The molecule has 0 saturated carbocycles. The number of hydrogen-bond donors (Lipinski definition) is 2. The van der Waals surface area contributed by atoms with Crippen molar-refractivity contribution in [1.29, 1.82) is 0 Å². The maximum atomic E-state index is 12.9. The van der Waals surface area contributed by atoms with E-state index >= 15 is 0 Å². The van der Waals surface area contributed by atoms with Gasteiger partial charge in [0.25, 0.3) is 5.91 Å². The highest BCUT2D eigenvalue weighted by Gasteiger charge is 2.31. The Morgan fingerprint density at radius 2 is 1.72 bits per heavy atom. The van der Waals surface area contributed by atoms with E-state index in [4.69, 9.17) is 16.3 Å². The smallest absolute Gasteiger partial charge is 0.267 e. The number of carbonyl (C=O) groups is 1. The van der Waals surface area contributed by atoms with Crippen molar-refractivity contribution in [2.75, 3.05) is 5.32 Å². The zero-order valence-electron chi connectivity index (χ0n) is 16.0. The highest BCUT2D eigenvalue weighted by Crippen LogP contribution is 2.32. The number of carbonyl (C=O) groups excluding carboxylic acids is 1. The van der Waals surface area contributed by atoms with Crippen LogP contribution in [0.2, 0.25) is 5.02 Å². The van der Waals surface area contributed by atoms with Crippen LogP contribution < -0.4 is 10.1 Å². The Morgan fingerprint density at radius 3 is 2.38 bits per heavy atom. The number of aliphatic hydroxyl groups excluding tert-OH is 1. The minimum absolute atomic E-state index is 0.343. The number of ether oxygens (including phenoxy) is 1. The summed E-state index contributed by atoms with van der Waals surface area (Å²) in [7, 11) is 0. The molecule has 1 amide bonds. The molecule has 150 valence electrons. The Hall–Kier alpha value is -2.34. The van der Waals surface area contributed by atoms with Gasteiger partial charge in [0.2, 0.25) is 0 Å². The lowest BCUT2D eigenvalue weighted by Crippen LogP contribution is -2.42. The van der Waals surface area contributed by atoms with Crippen molar-refractivity contribution < 1.29 is 14.6 Å². The predicted molar refractivity (Wildman–Crippen MR) is 119 cm³/mol. The third-order valence-electron chi connectivity index (χ3n) is 4.41. The van der Waals surface area contributed by atoms with Crippen molar-refractivity contribution in [2.24, 2.45) is 0 Å². The van der Waals surface area contributed by atoms with Gasteiger partial charge in [0.1, 0.15) is 11.9 Å². The molecule has 0 fully saturated rings. The molecule has 0 aromatic heterocycles. The fraction of sp³-hybridized carbons (Fsp3) is 0.174. The maximum Gasteiger partial charge on any atom is 0.267 e. The number of rotatable bonds is 6. The van der Waals surface area contributed by atoms with Gasteiger partial charge >= 0.3 is 0 Å². The van der Waals surface area contributed by atoms with Gasteiger partial charge in [-0.05, 0) is 61.9 Å². The largest absolute Gasteiger partial charge is 0.478 e. The van der Waals surface area contributed by atoms with E-state index in [1.165, 1.54) is 0 Å². The van der Waals surface area contributed by atoms with E-state index < -0.39 is 11.7 Å². The quantitative estimate of drug-likeness (QED) is 0.462. The molecular formula is C23H21BrClNO3. The molecule has 0 bridgehead atoms. The van der Waals surface area contributed by atoms with Crippen LogP contribution in [0, 0.1) is 0 Å². The topological polar surface area (TPSA) is 58.6 Å². The molecule has 0 spiro atoms. The molecule has 1 atom stereocenters. The summed E-state index contributed by atoms with van der Waals surface area (Å²) >= 11 is 9.52. The summed E-state index contributed by atoms with van der Waals surface area (Å²) in [6.45, 7) is 3.38. The summed E-state index contributed by atoms with van der Waals surface area (Å²) < 4.78 is 6.80. The van der Waals surface area contributed by atoms with Gasteiger partial charge in [0.15, 0.2) is 5.60 Å². The van der Waals surface area contributed by atoms with Gasteiger partial charge < -0.3 is 15.2 Å². The molecule has 29 heavy (non-hydrogen) atoms. The second kappa shape index (κ2) is 8.99. The van der Waals surface area contributed by atoms with Crippen molar-refractivity contribution in [3.05, 3.63) is 93.4 Å². The van der Waals surface area contributed by atoms with Crippen LogP contribution in [-0.4, -0.2) is 16.6 Å². The Morgan fingerprint density at radius 1 is 1.07 bits per heavy atom. The van der Waals surface area contributed by atoms with Crippen LogP contribution >= 0.6 is 27.5 Å². The first kappa shape index (κ1) is 21.4. The van der Waals surface area contributed by atoms with Crippen LogP contribution in [0.4, 0.5) is 5.69 Å². The van der Waals surface area contributed by atoms with E-state index in [0.717, 1.165) is 4.47 Å². The molecule has 2 N–H and O–H groups in total. The predicted octanol–water partition coefficient (Wildman–Crippen LogP) is 5.98. The molecule has 3 aromatic carbocycles. The third-order valence-corrected chi connectivity index (χ3v) is 5.17. The molecular weight excluding hydrogens is 454 g/mol. The Labute approximate surface area is 183 Å². The number of amides is 1. The molecule has 0 aliphatic carbocycles. The first-order valence-electron chi connectivity index (χ1n) is 9.05. The lowest BCUT2D eigenvalue weighted by molar-refractivity contribution is -0.128. The summed E-state index contributed by atoms with van der Waals surface area (Å²) in [6.07, 6.45) is -0.930. The first-order valence-corrected chi connectivity index (χ1v) is 10.2. The summed E-state index contributed by atoms with van der Waals surface area (Å²) in [5.74, 6) is 0.234. The van der Waals surface area contributed by atoms with E-state index in [0.29, 0.717) is 27.6 Å². The molecule has 3 rings (SSSR count). The van der Waals surface area contributed by atoms with Gasteiger partial charge in [0.05, 0.1) is 0 Å². The number of anilines is 1. The molecule has 0 aliphatic heterocycles. The van der Waals surface area contributed by atoms with Crippen LogP contribution in [0.5, 0.6) is 5.75 Å². The van der Waals surface area contributed by atoms with Gasteiger partial charge in [-0.15, -0.1) is 0 Å². The highest BCUT2D eigenvalue weighted by atomic mass is 79.9.